The zero-order chi connectivity index (χ0) is 54.6. The van der Waals surface area contributed by atoms with E-state index in [4.69, 9.17) is 9.97 Å². The summed E-state index contributed by atoms with van der Waals surface area (Å²) in [4.78, 5) is 74.2. The van der Waals surface area contributed by atoms with Crippen molar-refractivity contribution in [1.82, 2.24) is 38.2 Å². The van der Waals surface area contributed by atoms with Crippen molar-refractivity contribution in [3.8, 4) is 45.3 Å². The van der Waals surface area contributed by atoms with Crippen molar-refractivity contribution in [3.63, 3.8) is 0 Å². The molecule has 2 unspecified atom stereocenters. The number of alkyl halides is 6. The Kier molecular flexibility index (Phi) is 9.19. The van der Waals surface area contributed by atoms with Crippen LogP contribution in [0.15, 0.2) is 121 Å². The Morgan fingerprint density at radius 3 is 1.21 bits per heavy atom. The summed E-state index contributed by atoms with van der Waals surface area (Å²) in [5.74, 6) is -0.811. The fraction of sp³-hybridized carbons (Fsp3) is 0.167. The molecule has 3 aliphatic heterocycles. The van der Waals surface area contributed by atoms with Gasteiger partial charge in [-0.15, -0.1) is 0 Å². The van der Waals surface area contributed by atoms with Crippen molar-refractivity contribution in [3.05, 3.63) is 177 Å². The molecule has 7 aromatic carbocycles. The molecule has 78 heavy (non-hydrogen) atoms. The second kappa shape index (κ2) is 15.2. The third kappa shape index (κ3) is 6.02. The number of carbonyl (C=O) groups excluding carboxylic acids is 4. The highest BCUT2D eigenvalue weighted by Gasteiger charge is 2.56. The molecule has 384 valence electrons. The second-order valence-electron chi connectivity index (χ2n) is 20.8. The van der Waals surface area contributed by atoms with Crippen LogP contribution in [0.2, 0.25) is 0 Å². The molecule has 0 saturated carbocycles. The predicted octanol–water partition coefficient (Wildman–Crippen LogP) is 13.1. The molecular weight excluding hydrogens is 1010 g/mol. The highest BCUT2D eigenvalue weighted by atomic mass is 19.4. The molecule has 18 heteroatoms. The van der Waals surface area contributed by atoms with E-state index in [2.05, 4.69) is 9.97 Å². The number of halogens is 6. The molecular formula is C60H38F6N8O4. The lowest BCUT2D eigenvalue weighted by atomic mass is 9.74. The molecule has 0 radical (unpaired) electrons. The first-order chi connectivity index (χ1) is 37.0. The number of fused-ring (bicyclic) bond motifs is 16. The van der Waals surface area contributed by atoms with Crippen LogP contribution in [0.25, 0.3) is 89.4 Å². The number of aryl methyl sites for hydroxylation is 3. The Labute approximate surface area is 437 Å². The van der Waals surface area contributed by atoms with Crippen LogP contribution in [0.5, 0.6) is 0 Å². The Hall–Kier alpha value is -9.32. The summed E-state index contributed by atoms with van der Waals surface area (Å²) in [5.41, 5.74) is 1.65. The summed E-state index contributed by atoms with van der Waals surface area (Å²) < 4.78 is 98.2. The van der Waals surface area contributed by atoms with Gasteiger partial charge in [-0.2, -0.15) is 26.3 Å². The lowest BCUT2D eigenvalue weighted by Crippen LogP contribution is -2.41. The lowest BCUT2D eigenvalue weighted by molar-refractivity contribution is -0.173. The lowest BCUT2D eigenvalue weighted by Gasteiger charge is -2.34. The second-order valence-corrected chi connectivity index (χ2v) is 20.8. The summed E-state index contributed by atoms with van der Waals surface area (Å²) in [5, 5.41) is 0. The van der Waals surface area contributed by atoms with Gasteiger partial charge in [-0.05, 0) is 134 Å². The van der Waals surface area contributed by atoms with E-state index >= 15 is 26.3 Å². The van der Waals surface area contributed by atoms with Gasteiger partial charge in [0.1, 0.15) is 34.1 Å². The van der Waals surface area contributed by atoms with Crippen LogP contribution in [-0.2, 0) is 10.8 Å². The summed E-state index contributed by atoms with van der Waals surface area (Å²) in [6.45, 7) is 8.78. The topological polar surface area (TPSA) is 140 Å². The molecule has 7 heterocycles. The van der Waals surface area contributed by atoms with Gasteiger partial charge in [0.05, 0.1) is 60.8 Å². The predicted molar refractivity (Wildman–Crippen MR) is 279 cm³/mol. The first-order valence-electron chi connectivity index (χ1n) is 24.8. The van der Waals surface area contributed by atoms with Crippen molar-refractivity contribution in [2.45, 2.75) is 64.7 Å². The monoisotopic (exact) mass is 1050 g/mol. The molecule has 0 N–H and O–H groups in total. The molecule has 11 aromatic rings. The first kappa shape index (κ1) is 47.2. The van der Waals surface area contributed by atoms with E-state index in [1.165, 1.54) is 91.9 Å². The number of benzene rings is 7. The summed E-state index contributed by atoms with van der Waals surface area (Å²) in [6.07, 6.45) is -9.63. The maximum atomic E-state index is 15.8. The number of hydrogen-bond acceptors (Lipinski definition) is 8. The molecule has 12 nitrogen and oxygen atoms in total. The Morgan fingerprint density at radius 1 is 0.410 bits per heavy atom. The molecule has 0 spiro atoms. The number of hydrogen-bond donors (Lipinski definition) is 0. The minimum Gasteiger partial charge on any atom is -0.274 e. The van der Waals surface area contributed by atoms with Crippen molar-refractivity contribution in [2.24, 2.45) is 0 Å². The molecule has 0 aliphatic carbocycles. The van der Waals surface area contributed by atoms with Crippen molar-refractivity contribution in [1.29, 1.82) is 0 Å². The van der Waals surface area contributed by atoms with Gasteiger partial charge in [-0.1, -0.05) is 66.7 Å². The SMILES string of the molecule is CC(=O)n1c(C)nc2cc3nc4n(c3cc21)C(=O)c1cc(C(C)(c2ccc3c(c2)C(=O)n2c-3nc3ccc(-c5ccc6nc7n(c6c5)C(=O)c5cc(C(C)(c6ccc(C)c(C)c6)C(F)(F)F)ccc5-7)cc32)C(F)(F)F)ccc1-4. The molecule has 3 aliphatic rings. The molecule has 0 saturated heterocycles. The van der Waals surface area contributed by atoms with Gasteiger partial charge in [0, 0.05) is 23.6 Å². The number of imidazole rings is 4. The summed E-state index contributed by atoms with van der Waals surface area (Å²) in [6, 6.07) is 30.6. The summed E-state index contributed by atoms with van der Waals surface area (Å²) >= 11 is 0. The van der Waals surface area contributed by atoms with Gasteiger partial charge in [0.15, 0.2) is 0 Å². The zero-order valence-electron chi connectivity index (χ0n) is 42.0. The Morgan fingerprint density at radius 2 is 0.795 bits per heavy atom. The van der Waals surface area contributed by atoms with E-state index in [1.807, 2.05) is 6.92 Å². The third-order valence-electron chi connectivity index (χ3n) is 16.6. The number of nitrogens with zero attached hydrogens (tertiary/aromatic N) is 8. The number of rotatable bonds is 5. The minimum atomic E-state index is -4.93. The van der Waals surface area contributed by atoms with E-state index in [0.29, 0.717) is 83.3 Å². The quantitative estimate of drug-likeness (QED) is 0.155. The maximum absolute atomic E-state index is 15.8. The highest BCUT2D eigenvalue weighted by molar-refractivity contribution is 6.16. The van der Waals surface area contributed by atoms with Gasteiger partial charge in [-0.25, -0.2) is 19.9 Å². The van der Waals surface area contributed by atoms with Crippen LogP contribution >= 0.6 is 0 Å². The fourth-order valence-electron chi connectivity index (χ4n) is 11.9. The van der Waals surface area contributed by atoms with E-state index in [9.17, 15) is 19.2 Å². The zero-order valence-corrected chi connectivity index (χ0v) is 42.0. The van der Waals surface area contributed by atoms with Crippen LogP contribution < -0.4 is 0 Å². The Balaban J connectivity index is 0.791. The van der Waals surface area contributed by atoms with Crippen LogP contribution in [-0.4, -0.2) is 74.2 Å². The van der Waals surface area contributed by atoms with Crippen LogP contribution in [0.4, 0.5) is 26.3 Å². The van der Waals surface area contributed by atoms with E-state index < -0.39 is 40.9 Å². The van der Waals surface area contributed by atoms with Crippen molar-refractivity contribution >= 4 is 67.8 Å². The molecule has 14 rings (SSSR count). The molecule has 2 atom stereocenters. The highest BCUT2D eigenvalue weighted by Crippen LogP contribution is 2.51. The van der Waals surface area contributed by atoms with E-state index in [0.717, 1.165) is 19.4 Å². The van der Waals surface area contributed by atoms with Gasteiger partial charge < -0.3 is 0 Å². The van der Waals surface area contributed by atoms with Gasteiger partial charge in [0.2, 0.25) is 5.91 Å². The van der Waals surface area contributed by atoms with E-state index in [1.54, 1.807) is 68.4 Å². The average Bonchev–Trinajstić information content (AvgIpc) is 4.46. The molecule has 0 bridgehead atoms. The maximum Gasteiger partial charge on any atom is 0.402 e. The van der Waals surface area contributed by atoms with Gasteiger partial charge in [-0.3, -0.25) is 37.4 Å². The minimum absolute atomic E-state index is 0.00465. The van der Waals surface area contributed by atoms with Crippen LogP contribution in [0, 0.1) is 20.8 Å². The molecule has 0 fully saturated rings. The van der Waals surface area contributed by atoms with Crippen molar-refractivity contribution < 1.29 is 45.5 Å². The fourth-order valence-corrected chi connectivity index (χ4v) is 11.9. The normalized spacial score (nSPS) is 15.3. The number of aromatic nitrogens is 8. The average molecular weight is 1050 g/mol. The number of carbonyl (C=O) groups is 4. The molecule has 0 amide bonds. The van der Waals surface area contributed by atoms with Crippen molar-refractivity contribution in [2.75, 3.05) is 0 Å². The Bertz CT molecular complexity index is 4670. The van der Waals surface area contributed by atoms with Crippen LogP contribution in [0.3, 0.4) is 0 Å². The van der Waals surface area contributed by atoms with Gasteiger partial charge >= 0.3 is 12.4 Å². The standard InChI is InChI=1S/C60H38F6N8O4/c1-27-7-10-33(19-28(27)2)57(5,59(61,62)63)34-11-14-37-40(22-34)54(76)72-47-20-31(8-17-43(47)68-51(37)72)32-9-18-44-48(21-32)73-52(69-44)38-15-12-35(23-41(38)55(73)77)58(6,60(64,65)66)36-13-16-39-42(24-36)56(78)74-50-26-49-45(25-46(50)70-53(39)74)67-29(3)71(49)30(4)75/h7-26H,1-6H3. The van der Waals surface area contributed by atoms with Gasteiger partial charge in [0.25, 0.3) is 17.7 Å². The van der Waals surface area contributed by atoms with E-state index in [-0.39, 0.29) is 62.3 Å². The summed E-state index contributed by atoms with van der Waals surface area (Å²) in [7, 11) is 0. The molecule has 4 aromatic heterocycles. The smallest absolute Gasteiger partial charge is 0.274 e. The first-order valence-corrected chi connectivity index (χ1v) is 24.8. The largest absolute Gasteiger partial charge is 0.402 e. The van der Waals surface area contributed by atoms with Crippen LogP contribution in [0.1, 0.15) is 95.8 Å². The third-order valence-corrected chi connectivity index (χ3v) is 16.6.